The molecule has 1 heteroatoms. The van der Waals surface area contributed by atoms with Gasteiger partial charge in [0, 0.05) is 0 Å². The third kappa shape index (κ3) is 1.78. The van der Waals surface area contributed by atoms with Crippen LogP contribution in [0.25, 0.3) is 5.57 Å². The molecule has 0 saturated heterocycles. The molecule has 2 aromatic rings. The van der Waals surface area contributed by atoms with Gasteiger partial charge in [-0.3, -0.25) is 0 Å². The first-order valence-electron chi connectivity index (χ1n) is 5.80. The van der Waals surface area contributed by atoms with E-state index in [1.807, 2.05) is 12.1 Å². The van der Waals surface area contributed by atoms with E-state index in [0.29, 0.717) is 0 Å². The molecule has 0 amide bonds. The highest BCUT2D eigenvalue weighted by atomic mass is 19.1. The van der Waals surface area contributed by atoms with Gasteiger partial charge in [0.05, 0.1) is 0 Å². The molecule has 0 bridgehead atoms. The molecule has 0 saturated carbocycles. The third-order valence-electron chi connectivity index (χ3n) is 3.23. The molecule has 0 nitrogen and oxygen atoms in total. The summed E-state index contributed by atoms with van der Waals surface area (Å²) in [5.74, 6) is -0.184. The van der Waals surface area contributed by atoms with E-state index in [9.17, 15) is 4.39 Å². The van der Waals surface area contributed by atoms with Gasteiger partial charge in [-0.1, -0.05) is 42.0 Å². The van der Waals surface area contributed by atoms with Crippen LogP contribution in [-0.4, -0.2) is 0 Å². The number of benzene rings is 2. The van der Waals surface area contributed by atoms with Crippen LogP contribution in [0.3, 0.4) is 0 Å². The fourth-order valence-electron chi connectivity index (χ4n) is 2.38. The highest BCUT2D eigenvalue weighted by Gasteiger charge is 2.15. The maximum absolute atomic E-state index is 12.9. The number of hydrogen-bond donors (Lipinski definition) is 0. The predicted molar refractivity (Wildman–Crippen MR) is 68.4 cm³/mol. The molecule has 0 radical (unpaired) electrons. The van der Waals surface area contributed by atoms with E-state index in [1.54, 1.807) is 0 Å². The van der Waals surface area contributed by atoms with Crippen LogP contribution in [0.1, 0.15) is 22.3 Å². The molecule has 0 heterocycles. The maximum Gasteiger partial charge on any atom is 0.123 e. The largest absolute Gasteiger partial charge is 0.207 e. The quantitative estimate of drug-likeness (QED) is 0.683. The van der Waals surface area contributed by atoms with Crippen molar-refractivity contribution in [2.45, 2.75) is 13.3 Å². The van der Waals surface area contributed by atoms with Crippen molar-refractivity contribution >= 4 is 5.57 Å². The van der Waals surface area contributed by atoms with Gasteiger partial charge in [0.25, 0.3) is 0 Å². The minimum atomic E-state index is -0.184. The number of hydrogen-bond acceptors (Lipinski definition) is 0. The lowest BCUT2D eigenvalue weighted by Gasteiger charge is -2.07. The summed E-state index contributed by atoms with van der Waals surface area (Å²) in [4.78, 5) is 0. The van der Waals surface area contributed by atoms with Gasteiger partial charge in [-0.15, -0.1) is 0 Å². The zero-order valence-corrected chi connectivity index (χ0v) is 9.70. The second-order valence-electron chi connectivity index (χ2n) is 4.49. The van der Waals surface area contributed by atoms with Gasteiger partial charge < -0.3 is 0 Å². The summed E-state index contributed by atoms with van der Waals surface area (Å²) in [7, 11) is 0. The van der Waals surface area contributed by atoms with E-state index >= 15 is 0 Å². The number of halogens is 1. The third-order valence-corrected chi connectivity index (χ3v) is 3.23. The monoisotopic (exact) mass is 224 g/mol. The fraction of sp³-hybridized carbons (Fsp3) is 0.125. The zero-order valence-electron chi connectivity index (χ0n) is 9.70. The second kappa shape index (κ2) is 3.85. The number of fused-ring (bicyclic) bond motifs is 1. The minimum absolute atomic E-state index is 0.184. The topological polar surface area (TPSA) is 0 Å². The molecular formula is C16H13F. The van der Waals surface area contributed by atoms with Gasteiger partial charge in [-0.05, 0) is 47.7 Å². The van der Waals surface area contributed by atoms with Crippen molar-refractivity contribution in [1.29, 1.82) is 0 Å². The van der Waals surface area contributed by atoms with E-state index in [0.717, 1.165) is 12.0 Å². The lowest BCUT2D eigenvalue weighted by atomic mass is 9.98. The van der Waals surface area contributed by atoms with E-state index < -0.39 is 0 Å². The Morgan fingerprint density at radius 1 is 1.00 bits per heavy atom. The van der Waals surface area contributed by atoms with Crippen molar-refractivity contribution in [3.63, 3.8) is 0 Å². The van der Waals surface area contributed by atoms with Crippen LogP contribution in [0.2, 0.25) is 0 Å². The smallest absolute Gasteiger partial charge is 0.123 e. The summed E-state index contributed by atoms with van der Waals surface area (Å²) in [6.07, 6.45) is 3.20. The number of aryl methyl sites for hydroxylation is 1. The molecule has 1 aliphatic rings. The van der Waals surface area contributed by atoms with E-state index in [4.69, 9.17) is 0 Å². The van der Waals surface area contributed by atoms with Crippen LogP contribution in [0.4, 0.5) is 4.39 Å². The Morgan fingerprint density at radius 3 is 2.53 bits per heavy atom. The molecule has 0 spiro atoms. The van der Waals surface area contributed by atoms with Crippen LogP contribution in [0, 0.1) is 12.7 Å². The Bertz CT molecular complexity index is 591. The first kappa shape index (κ1) is 10.3. The predicted octanol–water partition coefficient (Wildman–Crippen LogP) is 4.12. The maximum atomic E-state index is 12.9. The number of allylic oxidation sites excluding steroid dienone is 1. The highest BCUT2D eigenvalue weighted by molar-refractivity contribution is 5.84. The Balaban J connectivity index is 2.06. The Kier molecular flexibility index (Phi) is 2.32. The molecule has 0 aromatic heterocycles. The van der Waals surface area contributed by atoms with Gasteiger partial charge in [-0.2, -0.15) is 0 Å². The van der Waals surface area contributed by atoms with E-state index in [1.165, 1.54) is 34.4 Å². The number of rotatable bonds is 1. The zero-order chi connectivity index (χ0) is 11.8. The Labute approximate surface area is 100 Å². The summed E-state index contributed by atoms with van der Waals surface area (Å²) >= 11 is 0. The lowest BCUT2D eigenvalue weighted by Crippen LogP contribution is -1.88. The van der Waals surface area contributed by atoms with Crippen molar-refractivity contribution in [2.75, 3.05) is 0 Å². The van der Waals surface area contributed by atoms with Gasteiger partial charge >= 0.3 is 0 Å². The summed E-state index contributed by atoms with van der Waals surface area (Å²) in [5, 5.41) is 0. The fourth-order valence-corrected chi connectivity index (χ4v) is 2.38. The van der Waals surface area contributed by atoms with E-state index in [-0.39, 0.29) is 5.82 Å². The first-order chi connectivity index (χ1) is 8.24. The van der Waals surface area contributed by atoms with Crippen molar-refractivity contribution in [1.82, 2.24) is 0 Å². The van der Waals surface area contributed by atoms with Crippen LogP contribution in [0.5, 0.6) is 0 Å². The average molecular weight is 224 g/mol. The van der Waals surface area contributed by atoms with Gasteiger partial charge in [0.15, 0.2) is 0 Å². The molecule has 84 valence electrons. The van der Waals surface area contributed by atoms with Crippen LogP contribution >= 0.6 is 0 Å². The molecule has 0 fully saturated rings. The highest BCUT2D eigenvalue weighted by Crippen LogP contribution is 2.33. The minimum Gasteiger partial charge on any atom is -0.207 e. The molecule has 2 aromatic carbocycles. The average Bonchev–Trinajstić information content (AvgIpc) is 2.73. The SMILES string of the molecule is Cc1ccc2c(c1)CC=C2c1ccc(F)cc1. The summed E-state index contributed by atoms with van der Waals surface area (Å²) < 4.78 is 12.9. The van der Waals surface area contributed by atoms with Crippen molar-refractivity contribution < 1.29 is 4.39 Å². The lowest BCUT2D eigenvalue weighted by molar-refractivity contribution is 0.627. The van der Waals surface area contributed by atoms with E-state index in [2.05, 4.69) is 31.2 Å². The van der Waals surface area contributed by atoms with Crippen molar-refractivity contribution in [3.8, 4) is 0 Å². The first-order valence-corrected chi connectivity index (χ1v) is 5.80. The van der Waals surface area contributed by atoms with Gasteiger partial charge in [0.1, 0.15) is 5.82 Å². The molecule has 0 unspecified atom stereocenters. The Morgan fingerprint density at radius 2 is 1.76 bits per heavy atom. The van der Waals surface area contributed by atoms with Crippen LogP contribution in [0.15, 0.2) is 48.5 Å². The molecule has 0 aliphatic heterocycles. The van der Waals surface area contributed by atoms with Gasteiger partial charge in [0.2, 0.25) is 0 Å². The molecule has 1 aliphatic carbocycles. The van der Waals surface area contributed by atoms with Crippen molar-refractivity contribution in [2.24, 2.45) is 0 Å². The molecule has 3 rings (SSSR count). The van der Waals surface area contributed by atoms with Crippen molar-refractivity contribution in [3.05, 3.63) is 76.6 Å². The molecule has 17 heavy (non-hydrogen) atoms. The molecule has 0 atom stereocenters. The Hall–Kier alpha value is -1.89. The second-order valence-corrected chi connectivity index (χ2v) is 4.49. The molecule has 0 N–H and O–H groups in total. The summed E-state index contributed by atoms with van der Waals surface area (Å²) in [6.45, 7) is 2.11. The summed E-state index contributed by atoms with van der Waals surface area (Å²) in [5.41, 5.74) is 6.25. The van der Waals surface area contributed by atoms with Gasteiger partial charge in [-0.25, -0.2) is 4.39 Å². The normalized spacial score (nSPS) is 13.4. The summed E-state index contributed by atoms with van der Waals surface area (Å²) in [6, 6.07) is 13.2. The van der Waals surface area contributed by atoms with Crippen LogP contribution < -0.4 is 0 Å². The standard InChI is InChI=1S/C16H13F/c1-11-2-8-16-13(10-11)5-9-15(16)12-3-6-14(17)7-4-12/h2-4,6-10H,5H2,1H3. The van der Waals surface area contributed by atoms with Crippen LogP contribution in [-0.2, 0) is 6.42 Å². The molecular weight excluding hydrogens is 211 g/mol.